The zero-order chi connectivity index (χ0) is 31.3. The summed E-state index contributed by atoms with van der Waals surface area (Å²) in [6, 6.07) is 13.6. The number of thiophene rings is 2. The molecule has 0 aromatic carbocycles. The van der Waals surface area contributed by atoms with Gasteiger partial charge >= 0.3 is 0 Å². The van der Waals surface area contributed by atoms with Crippen LogP contribution in [0.5, 0.6) is 0 Å². The molecule has 0 spiro atoms. The number of likely N-dealkylation sites (N-methyl/N-ethyl adjacent to an activating group) is 1. The largest absolute Gasteiger partial charge is 0.350 e. The van der Waals surface area contributed by atoms with Crippen molar-refractivity contribution in [1.82, 2.24) is 35.1 Å². The summed E-state index contributed by atoms with van der Waals surface area (Å²) in [5, 5.41) is 23.2. The number of fused-ring (bicyclic) bond motifs is 1. The average molecular weight is 636 g/mol. The number of pyridine rings is 1. The third-order valence-corrected chi connectivity index (χ3v) is 9.43. The number of rotatable bonds is 11. The maximum Gasteiger partial charge on any atom is 0.251 e. The highest BCUT2D eigenvalue weighted by Crippen LogP contribution is 2.29. The third-order valence-electron chi connectivity index (χ3n) is 7.64. The molecule has 0 bridgehead atoms. The van der Waals surface area contributed by atoms with Crippen molar-refractivity contribution in [3.8, 4) is 21.8 Å². The molecule has 1 aliphatic rings. The monoisotopic (exact) mass is 635 g/mol. The van der Waals surface area contributed by atoms with Crippen molar-refractivity contribution in [1.29, 1.82) is 5.41 Å². The highest BCUT2D eigenvalue weighted by Gasteiger charge is 2.20. The number of hydrogen-bond acceptors (Lipinski definition) is 10. The summed E-state index contributed by atoms with van der Waals surface area (Å²) in [6.07, 6.45) is 8.50. The Labute approximate surface area is 269 Å². The zero-order valence-corrected chi connectivity index (χ0v) is 26.8. The fourth-order valence-corrected chi connectivity index (χ4v) is 6.61. The molecule has 1 atom stereocenters. The molecule has 0 saturated carbocycles. The molecule has 3 N–H and O–H groups in total. The van der Waals surface area contributed by atoms with Crippen molar-refractivity contribution in [2.45, 2.75) is 26.8 Å². The Morgan fingerprint density at radius 2 is 1.87 bits per heavy atom. The minimum atomic E-state index is -0.226. The second-order valence-electron chi connectivity index (χ2n) is 10.4. The normalized spacial score (nSPS) is 14.7. The van der Waals surface area contributed by atoms with Crippen molar-refractivity contribution < 1.29 is 4.79 Å². The lowest BCUT2D eigenvalue weighted by molar-refractivity contribution is 0.0938. The molecule has 5 aromatic rings. The lowest BCUT2D eigenvalue weighted by atomic mass is 10.1. The second-order valence-corrected chi connectivity index (χ2v) is 12.3. The van der Waals surface area contributed by atoms with Crippen LogP contribution >= 0.6 is 22.7 Å². The summed E-state index contributed by atoms with van der Waals surface area (Å²) in [5.74, 6) is 0.247. The minimum Gasteiger partial charge on any atom is -0.350 e. The van der Waals surface area contributed by atoms with Gasteiger partial charge in [-0.15, -0.1) is 22.7 Å². The number of carbonyl (C=O) groups is 1. The summed E-state index contributed by atoms with van der Waals surface area (Å²) in [6.45, 7) is 8.63. The molecule has 1 amide bonds. The van der Waals surface area contributed by atoms with E-state index in [0.29, 0.717) is 46.1 Å². The van der Waals surface area contributed by atoms with Gasteiger partial charge in [-0.05, 0) is 67.2 Å². The first-order valence-corrected chi connectivity index (χ1v) is 16.5. The molecule has 1 unspecified atom stereocenters. The zero-order valence-electron chi connectivity index (χ0n) is 25.2. The third kappa shape index (κ3) is 6.39. The molecule has 0 aliphatic carbocycles. The number of nitrogens with one attached hydrogen (secondary N) is 3. The highest BCUT2D eigenvalue weighted by atomic mass is 32.1. The van der Waals surface area contributed by atoms with E-state index in [1.54, 1.807) is 51.7 Å². The van der Waals surface area contributed by atoms with Crippen LogP contribution < -0.4 is 10.6 Å². The quantitative estimate of drug-likeness (QED) is 0.154. The maximum absolute atomic E-state index is 13.7. The number of aromatic nitrogens is 4. The Morgan fingerprint density at radius 3 is 2.58 bits per heavy atom. The summed E-state index contributed by atoms with van der Waals surface area (Å²) >= 11 is 3.20. The van der Waals surface area contributed by atoms with E-state index in [4.69, 9.17) is 20.4 Å². The molecular formula is C33H33N9OS2. The Kier molecular flexibility index (Phi) is 9.06. The molecular weight excluding hydrogens is 603 g/mol. The lowest BCUT2D eigenvalue weighted by Crippen LogP contribution is -2.42. The van der Waals surface area contributed by atoms with Gasteiger partial charge < -0.3 is 16.0 Å². The molecule has 6 rings (SSSR count). The smallest absolute Gasteiger partial charge is 0.251 e. The summed E-state index contributed by atoms with van der Waals surface area (Å²) in [7, 11) is 0. The van der Waals surface area contributed by atoms with Crippen molar-refractivity contribution in [3.05, 3.63) is 99.8 Å². The van der Waals surface area contributed by atoms with Crippen molar-refractivity contribution in [2.24, 2.45) is 4.99 Å². The standard InChI is InChI=1S/C33H33N9OS2/c1-4-41(5-2)21(3)19-36-33(43)22-16-27(23(18-34)31-35-12-10-25(39-31)29-8-6-14-44-29)38-28(17-22)24-20-37-42-13-11-26(40-32(24)42)30-9-7-15-45-30/h6-18,20-21,34-35H,4-5,19H2,1-3H3,(H,36,43)/b31-23-,34-18?. The molecule has 12 heteroatoms. The minimum absolute atomic E-state index is 0.173. The first-order chi connectivity index (χ1) is 22.0. The number of nitrogens with zero attached hydrogens (tertiary/aromatic N) is 6. The maximum atomic E-state index is 13.7. The summed E-state index contributed by atoms with van der Waals surface area (Å²) in [5.41, 5.74) is 4.73. The number of hydrogen-bond donors (Lipinski definition) is 3. The van der Waals surface area contributed by atoms with E-state index in [9.17, 15) is 4.79 Å². The van der Waals surface area contributed by atoms with Gasteiger partial charge in [-0.1, -0.05) is 26.0 Å². The molecule has 0 fully saturated rings. The van der Waals surface area contributed by atoms with Crippen LogP contribution in [0.4, 0.5) is 0 Å². The lowest BCUT2D eigenvalue weighted by Gasteiger charge is -2.26. The SMILES string of the molecule is CCN(CC)C(C)CNC(=O)c1cc(/C(C=N)=C2\N=C(c3cccs3)C=CN2)nc(-c2cnn3ccc(-c4cccs4)nc23)c1. The number of aliphatic imine (C=N–C) groups is 1. The Morgan fingerprint density at radius 1 is 1.09 bits per heavy atom. The first kappa shape index (κ1) is 30.3. The highest BCUT2D eigenvalue weighted by molar-refractivity contribution is 7.13. The van der Waals surface area contributed by atoms with Gasteiger partial charge in [0.25, 0.3) is 5.91 Å². The van der Waals surface area contributed by atoms with Crippen molar-refractivity contribution >= 4 is 51.7 Å². The summed E-state index contributed by atoms with van der Waals surface area (Å²) < 4.78 is 1.70. The Bertz CT molecular complexity index is 1920. The number of allylic oxidation sites excluding steroid dienone is 2. The van der Waals surface area contributed by atoms with Gasteiger partial charge in [0.1, 0.15) is 5.82 Å². The van der Waals surface area contributed by atoms with Gasteiger partial charge in [0.05, 0.1) is 49.9 Å². The van der Waals surface area contributed by atoms with Crippen LogP contribution in [-0.4, -0.2) is 68.0 Å². The van der Waals surface area contributed by atoms with E-state index in [-0.39, 0.29) is 11.9 Å². The average Bonchev–Trinajstić information content (AvgIpc) is 3.87. The van der Waals surface area contributed by atoms with Crippen LogP contribution in [0.3, 0.4) is 0 Å². The molecule has 0 saturated heterocycles. The second kappa shape index (κ2) is 13.5. The molecule has 45 heavy (non-hydrogen) atoms. The topological polar surface area (TPSA) is 124 Å². The summed E-state index contributed by atoms with van der Waals surface area (Å²) in [4.78, 5) is 32.7. The predicted octanol–water partition coefficient (Wildman–Crippen LogP) is 5.97. The number of amides is 1. The fourth-order valence-electron chi connectivity index (χ4n) is 5.22. The fraction of sp³-hybridized carbons (Fsp3) is 0.212. The first-order valence-electron chi connectivity index (χ1n) is 14.7. The van der Waals surface area contributed by atoms with Gasteiger partial charge in [-0.25, -0.2) is 19.5 Å². The van der Waals surface area contributed by atoms with E-state index in [0.717, 1.165) is 34.2 Å². The Balaban J connectivity index is 1.45. The van der Waals surface area contributed by atoms with Gasteiger partial charge in [0.15, 0.2) is 5.65 Å². The van der Waals surface area contributed by atoms with Crippen molar-refractivity contribution in [3.63, 3.8) is 0 Å². The van der Waals surface area contributed by atoms with Crippen LogP contribution in [0.1, 0.15) is 41.7 Å². The van der Waals surface area contributed by atoms with Crippen LogP contribution in [0.2, 0.25) is 0 Å². The van der Waals surface area contributed by atoms with Crippen LogP contribution in [0, 0.1) is 5.41 Å². The van der Waals surface area contributed by atoms with Crippen LogP contribution in [-0.2, 0) is 0 Å². The van der Waals surface area contributed by atoms with Gasteiger partial charge in [0, 0.05) is 36.8 Å². The molecule has 6 heterocycles. The van der Waals surface area contributed by atoms with Gasteiger partial charge in [-0.2, -0.15) is 5.10 Å². The van der Waals surface area contributed by atoms with Gasteiger partial charge in [0.2, 0.25) is 0 Å². The van der Waals surface area contributed by atoms with E-state index in [1.165, 1.54) is 6.21 Å². The van der Waals surface area contributed by atoms with Crippen molar-refractivity contribution in [2.75, 3.05) is 19.6 Å². The van der Waals surface area contributed by atoms with Crippen LogP contribution in [0.25, 0.3) is 33.0 Å². The van der Waals surface area contributed by atoms with E-state index in [2.05, 4.69) is 41.4 Å². The van der Waals surface area contributed by atoms with E-state index in [1.807, 2.05) is 53.4 Å². The number of carbonyl (C=O) groups excluding carboxylic acids is 1. The van der Waals surface area contributed by atoms with E-state index < -0.39 is 0 Å². The van der Waals surface area contributed by atoms with Gasteiger partial charge in [-0.3, -0.25) is 9.69 Å². The molecule has 10 nitrogen and oxygen atoms in total. The predicted molar refractivity (Wildman–Crippen MR) is 183 cm³/mol. The van der Waals surface area contributed by atoms with E-state index >= 15 is 0 Å². The van der Waals surface area contributed by atoms with Crippen LogP contribution in [0.15, 0.2) is 88.7 Å². The molecule has 0 radical (unpaired) electrons. The molecule has 5 aromatic heterocycles. The molecule has 228 valence electrons. The molecule has 1 aliphatic heterocycles. The Hall–Kier alpha value is -4.78.